The predicted octanol–water partition coefficient (Wildman–Crippen LogP) is 8.80. The number of ether oxygens (including phenoxy) is 3. The molecule has 0 spiro atoms. The summed E-state index contributed by atoms with van der Waals surface area (Å²) in [7, 11) is 0. The Hall–Kier alpha value is -4.22. The van der Waals surface area contributed by atoms with E-state index in [0.717, 1.165) is 36.8 Å². The maximum Gasteiger partial charge on any atom is 0.235 e. The highest BCUT2D eigenvalue weighted by Gasteiger charge is 2.20. The molecule has 0 aliphatic rings. The molecule has 6 heteroatoms. The van der Waals surface area contributed by atoms with Crippen LogP contribution in [0.2, 0.25) is 0 Å². The zero-order chi connectivity index (χ0) is 28.3. The maximum atomic E-state index is 13.6. The summed E-state index contributed by atoms with van der Waals surface area (Å²) in [4.78, 5) is 13.6. The van der Waals surface area contributed by atoms with Gasteiger partial charge in [0.2, 0.25) is 11.2 Å². The van der Waals surface area contributed by atoms with E-state index >= 15 is 0 Å². The standard InChI is InChI=1S/C35H33ClO5/c36-21-11-1-2-12-22-38-35-33(37)29-17-9-10-18-30(29)41-34(35)28-19-20-31(39-24-26-13-5-3-6-14-26)32(23-28)40-25-27-15-7-4-8-16-27/h3-10,13-20,23H,1-2,11-12,21-22,24-25H2. The molecule has 0 aliphatic carbocycles. The van der Waals surface area contributed by atoms with E-state index in [1.165, 1.54) is 0 Å². The lowest BCUT2D eigenvalue weighted by Crippen LogP contribution is -2.11. The van der Waals surface area contributed by atoms with Crippen molar-refractivity contribution in [3.05, 3.63) is 124 Å². The lowest BCUT2D eigenvalue weighted by molar-refractivity contribution is 0.256. The summed E-state index contributed by atoms with van der Waals surface area (Å²) in [5.41, 5.74) is 3.05. The molecule has 1 heterocycles. The monoisotopic (exact) mass is 568 g/mol. The second-order valence-electron chi connectivity index (χ2n) is 9.75. The first-order valence-corrected chi connectivity index (χ1v) is 14.5. The van der Waals surface area contributed by atoms with E-state index < -0.39 is 0 Å². The van der Waals surface area contributed by atoms with Crippen LogP contribution in [0.15, 0.2) is 112 Å². The molecule has 0 atom stereocenters. The summed E-state index contributed by atoms with van der Waals surface area (Å²) < 4.78 is 24.9. The highest BCUT2D eigenvalue weighted by atomic mass is 35.5. The van der Waals surface area contributed by atoms with Gasteiger partial charge in [-0.15, -0.1) is 11.6 Å². The van der Waals surface area contributed by atoms with E-state index in [1.807, 2.05) is 91.0 Å². The summed E-state index contributed by atoms with van der Waals surface area (Å²) in [5.74, 6) is 2.36. The number of benzene rings is 4. The average Bonchev–Trinajstić information content (AvgIpc) is 3.02. The molecular formula is C35H33ClO5. The molecule has 210 valence electrons. The van der Waals surface area contributed by atoms with Gasteiger partial charge in [-0.3, -0.25) is 4.79 Å². The molecule has 1 aromatic heterocycles. The van der Waals surface area contributed by atoms with Gasteiger partial charge in [-0.2, -0.15) is 0 Å². The van der Waals surface area contributed by atoms with Crippen molar-refractivity contribution in [2.45, 2.75) is 38.9 Å². The van der Waals surface area contributed by atoms with E-state index in [0.29, 0.717) is 59.5 Å². The van der Waals surface area contributed by atoms with Crippen LogP contribution in [-0.2, 0) is 13.2 Å². The summed E-state index contributed by atoms with van der Waals surface area (Å²) in [6.45, 7) is 1.17. The second kappa shape index (κ2) is 14.4. The van der Waals surface area contributed by atoms with Crippen molar-refractivity contribution in [3.63, 3.8) is 0 Å². The minimum absolute atomic E-state index is 0.196. The average molecular weight is 569 g/mol. The lowest BCUT2D eigenvalue weighted by atomic mass is 10.1. The van der Waals surface area contributed by atoms with Crippen molar-refractivity contribution in [2.75, 3.05) is 12.5 Å². The smallest absolute Gasteiger partial charge is 0.235 e. The van der Waals surface area contributed by atoms with Crippen LogP contribution >= 0.6 is 11.6 Å². The van der Waals surface area contributed by atoms with E-state index in [4.69, 9.17) is 30.2 Å². The SMILES string of the molecule is O=c1c(OCCCCCCCl)c(-c2ccc(OCc3ccccc3)c(OCc3ccccc3)c2)oc2ccccc12. The first kappa shape index (κ1) is 28.3. The van der Waals surface area contributed by atoms with Gasteiger partial charge in [-0.1, -0.05) is 85.6 Å². The molecule has 0 saturated carbocycles. The fraction of sp³-hybridized carbons (Fsp3) is 0.229. The Morgan fingerprint density at radius 3 is 1.98 bits per heavy atom. The Morgan fingerprint density at radius 2 is 1.27 bits per heavy atom. The van der Waals surface area contributed by atoms with Crippen LogP contribution in [0, 0.1) is 0 Å². The normalized spacial score (nSPS) is 11.0. The molecule has 0 N–H and O–H groups in total. The zero-order valence-corrected chi connectivity index (χ0v) is 23.6. The van der Waals surface area contributed by atoms with E-state index in [-0.39, 0.29) is 11.2 Å². The Morgan fingerprint density at radius 1 is 0.634 bits per heavy atom. The van der Waals surface area contributed by atoms with Gasteiger partial charge in [0.25, 0.3) is 0 Å². The van der Waals surface area contributed by atoms with Gasteiger partial charge >= 0.3 is 0 Å². The quantitative estimate of drug-likeness (QED) is 0.0989. The van der Waals surface area contributed by atoms with Crippen molar-refractivity contribution in [2.24, 2.45) is 0 Å². The van der Waals surface area contributed by atoms with E-state index in [9.17, 15) is 4.79 Å². The summed E-state index contributed by atoms with van der Waals surface area (Å²) in [6.07, 6.45) is 3.79. The number of hydrogen-bond acceptors (Lipinski definition) is 5. The van der Waals surface area contributed by atoms with Crippen LogP contribution in [0.25, 0.3) is 22.3 Å². The number of para-hydroxylation sites is 1. The van der Waals surface area contributed by atoms with Crippen LogP contribution in [0.3, 0.4) is 0 Å². The third-order valence-electron chi connectivity index (χ3n) is 6.71. The van der Waals surface area contributed by atoms with Gasteiger partial charge < -0.3 is 18.6 Å². The van der Waals surface area contributed by atoms with Crippen LogP contribution in [0.5, 0.6) is 17.2 Å². The summed E-state index contributed by atoms with van der Waals surface area (Å²) in [6, 6.07) is 32.7. The van der Waals surface area contributed by atoms with Crippen molar-refractivity contribution < 1.29 is 18.6 Å². The van der Waals surface area contributed by atoms with Gasteiger partial charge in [-0.05, 0) is 54.3 Å². The van der Waals surface area contributed by atoms with Gasteiger partial charge in [0, 0.05) is 11.4 Å². The molecule has 0 unspecified atom stereocenters. The Kier molecular flexibility index (Phi) is 9.96. The summed E-state index contributed by atoms with van der Waals surface area (Å²) >= 11 is 5.80. The number of rotatable bonds is 14. The fourth-order valence-electron chi connectivity index (χ4n) is 4.52. The zero-order valence-electron chi connectivity index (χ0n) is 22.9. The topological polar surface area (TPSA) is 57.9 Å². The molecule has 5 aromatic rings. The molecule has 5 nitrogen and oxygen atoms in total. The number of halogens is 1. The van der Waals surface area contributed by atoms with E-state index in [1.54, 1.807) is 12.1 Å². The van der Waals surface area contributed by atoms with Gasteiger partial charge in [0.05, 0.1) is 12.0 Å². The first-order valence-electron chi connectivity index (χ1n) is 14.0. The van der Waals surface area contributed by atoms with Crippen LogP contribution in [0.4, 0.5) is 0 Å². The van der Waals surface area contributed by atoms with Crippen molar-refractivity contribution in [1.29, 1.82) is 0 Å². The van der Waals surface area contributed by atoms with Crippen molar-refractivity contribution in [3.8, 4) is 28.6 Å². The Bertz CT molecular complexity index is 1600. The van der Waals surface area contributed by atoms with Gasteiger partial charge in [0.15, 0.2) is 17.3 Å². The third-order valence-corrected chi connectivity index (χ3v) is 6.98. The van der Waals surface area contributed by atoms with Gasteiger partial charge in [-0.25, -0.2) is 0 Å². The first-order chi connectivity index (χ1) is 20.2. The van der Waals surface area contributed by atoms with Crippen LogP contribution in [-0.4, -0.2) is 12.5 Å². The molecule has 0 aliphatic heterocycles. The minimum Gasteiger partial charge on any atom is -0.486 e. The fourth-order valence-corrected chi connectivity index (χ4v) is 4.71. The molecule has 0 bridgehead atoms. The predicted molar refractivity (Wildman–Crippen MR) is 164 cm³/mol. The van der Waals surface area contributed by atoms with Crippen molar-refractivity contribution in [1.82, 2.24) is 0 Å². The van der Waals surface area contributed by atoms with Gasteiger partial charge in [0.1, 0.15) is 18.8 Å². The van der Waals surface area contributed by atoms with Crippen LogP contribution < -0.4 is 19.6 Å². The third kappa shape index (κ3) is 7.50. The Balaban J connectivity index is 1.48. The lowest BCUT2D eigenvalue weighted by Gasteiger charge is -2.16. The highest BCUT2D eigenvalue weighted by molar-refractivity contribution is 6.17. The number of unbranched alkanes of at least 4 members (excludes halogenated alkanes) is 3. The molecule has 0 amide bonds. The van der Waals surface area contributed by atoms with Crippen molar-refractivity contribution >= 4 is 22.6 Å². The molecule has 0 saturated heterocycles. The van der Waals surface area contributed by atoms with Crippen LogP contribution in [0.1, 0.15) is 36.8 Å². The largest absolute Gasteiger partial charge is 0.486 e. The molecule has 5 rings (SSSR count). The second-order valence-corrected chi connectivity index (χ2v) is 10.1. The molecular weight excluding hydrogens is 536 g/mol. The molecule has 41 heavy (non-hydrogen) atoms. The Labute approximate surface area is 245 Å². The van der Waals surface area contributed by atoms with E-state index in [2.05, 4.69) is 0 Å². The molecule has 0 radical (unpaired) electrons. The summed E-state index contributed by atoms with van der Waals surface area (Å²) in [5, 5.41) is 0.483. The number of hydrogen-bond donors (Lipinski definition) is 0. The maximum absolute atomic E-state index is 13.6. The molecule has 4 aromatic carbocycles. The minimum atomic E-state index is -0.196. The number of alkyl halides is 1. The highest BCUT2D eigenvalue weighted by Crippen LogP contribution is 2.38. The molecule has 0 fully saturated rings. The number of fused-ring (bicyclic) bond motifs is 1.